The van der Waals surface area contributed by atoms with Crippen molar-refractivity contribution < 1.29 is 0 Å². The van der Waals surface area contributed by atoms with Crippen LogP contribution in [0.2, 0.25) is 10.2 Å². The van der Waals surface area contributed by atoms with Crippen LogP contribution in [0.1, 0.15) is 17.9 Å². The number of pyridine rings is 1. The van der Waals surface area contributed by atoms with E-state index < -0.39 is 0 Å². The number of anilines is 1. The van der Waals surface area contributed by atoms with Crippen molar-refractivity contribution in [1.29, 1.82) is 0 Å². The molecule has 0 fully saturated rings. The molecule has 3 rings (SSSR count). The Bertz CT molecular complexity index is 816. The Morgan fingerprint density at radius 1 is 1.09 bits per heavy atom. The highest BCUT2D eigenvalue weighted by molar-refractivity contribution is 6.31. The summed E-state index contributed by atoms with van der Waals surface area (Å²) in [6.07, 6.45) is 3.48. The van der Waals surface area contributed by atoms with Crippen molar-refractivity contribution >= 4 is 39.8 Å². The molecule has 0 saturated carbocycles. The normalized spacial score (nSPS) is 10.9. The zero-order valence-corrected chi connectivity index (χ0v) is 14.2. The van der Waals surface area contributed by atoms with Crippen LogP contribution >= 0.6 is 23.2 Å². The Hall–Kier alpha value is -1.91. The molecule has 4 nitrogen and oxygen atoms in total. The van der Waals surface area contributed by atoms with E-state index in [4.69, 9.17) is 23.2 Å². The molecule has 23 heavy (non-hydrogen) atoms. The fourth-order valence-electron chi connectivity index (χ4n) is 2.45. The van der Waals surface area contributed by atoms with E-state index in [1.165, 1.54) is 0 Å². The minimum atomic E-state index is 0.498. The van der Waals surface area contributed by atoms with Gasteiger partial charge in [-0.05, 0) is 43.7 Å². The third kappa shape index (κ3) is 4.09. The van der Waals surface area contributed by atoms with E-state index in [0.29, 0.717) is 10.2 Å². The highest BCUT2D eigenvalue weighted by atomic mass is 35.5. The lowest BCUT2D eigenvalue weighted by atomic mass is 10.2. The van der Waals surface area contributed by atoms with E-state index in [9.17, 15) is 0 Å². The van der Waals surface area contributed by atoms with E-state index >= 15 is 0 Å². The predicted molar refractivity (Wildman–Crippen MR) is 95.3 cm³/mol. The molecule has 0 radical (unpaired) electrons. The van der Waals surface area contributed by atoms with Gasteiger partial charge in [-0.2, -0.15) is 0 Å². The van der Waals surface area contributed by atoms with Crippen molar-refractivity contribution in [3.05, 3.63) is 58.2 Å². The third-order valence-electron chi connectivity index (χ3n) is 3.47. The summed E-state index contributed by atoms with van der Waals surface area (Å²) in [6, 6.07) is 9.45. The highest BCUT2D eigenvalue weighted by Gasteiger charge is 2.04. The van der Waals surface area contributed by atoms with E-state index in [2.05, 4.69) is 20.3 Å². The van der Waals surface area contributed by atoms with Crippen LogP contribution in [-0.4, -0.2) is 21.5 Å². The molecule has 0 amide bonds. The van der Waals surface area contributed by atoms with Crippen molar-refractivity contribution in [2.24, 2.45) is 0 Å². The van der Waals surface area contributed by atoms with Crippen LogP contribution in [0.4, 0.5) is 5.69 Å². The van der Waals surface area contributed by atoms with Gasteiger partial charge in [0.1, 0.15) is 11.0 Å². The summed E-state index contributed by atoms with van der Waals surface area (Å²) in [5.74, 6) is 0.781. The molecule has 2 aromatic heterocycles. The minimum absolute atomic E-state index is 0.498. The summed E-state index contributed by atoms with van der Waals surface area (Å²) in [4.78, 5) is 13.0. The van der Waals surface area contributed by atoms with E-state index in [-0.39, 0.29) is 0 Å². The number of nitrogens with zero attached hydrogens (tertiary/aromatic N) is 3. The number of fused-ring (bicyclic) bond motifs is 1. The molecule has 0 aliphatic rings. The standard InChI is InChI=1S/C17H16Cl2N4/c1-11-9-16(19)23-17(22-11)3-2-7-20-14-6-8-21-15-10-12(18)4-5-13(14)15/h4-6,8-10H,2-3,7H2,1H3,(H,20,21). The summed E-state index contributed by atoms with van der Waals surface area (Å²) < 4.78 is 0. The lowest BCUT2D eigenvalue weighted by molar-refractivity contribution is 0.794. The van der Waals surface area contributed by atoms with Gasteiger partial charge in [-0.25, -0.2) is 9.97 Å². The number of hydrogen-bond donors (Lipinski definition) is 1. The number of halogens is 2. The van der Waals surface area contributed by atoms with E-state index in [1.54, 1.807) is 12.3 Å². The van der Waals surface area contributed by atoms with Gasteiger partial charge in [-0.1, -0.05) is 23.2 Å². The molecule has 0 unspecified atom stereocenters. The second kappa shape index (κ2) is 7.11. The highest BCUT2D eigenvalue weighted by Crippen LogP contribution is 2.24. The minimum Gasteiger partial charge on any atom is -0.384 e. The lowest BCUT2D eigenvalue weighted by Crippen LogP contribution is -2.06. The summed E-state index contributed by atoms with van der Waals surface area (Å²) in [6.45, 7) is 2.74. The molecule has 3 aromatic rings. The number of aryl methyl sites for hydroxylation is 2. The maximum atomic E-state index is 6.01. The zero-order valence-electron chi connectivity index (χ0n) is 12.7. The van der Waals surface area contributed by atoms with Gasteiger partial charge in [0.25, 0.3) is 0 Å². The van der Waals surface area contributed by atoms with Crippen LogP contribution in [-0.2, 0) is 6.42 Å². The van der Waals surface area contributed by atoms with Crippen molar-refractivity contribution in [1.82, 2.24) is 15.0 Å². The first-order chi connectivity index (χ1) is 11.1. The molecule has 1 aromatic carbocycles. The third-order valence-corrected chi connectivity index (χ3v) is 3.90. The summed E-state index contributed by atoms with van der Waals surface area (Å²) in [7, 11) is 0. The number of benzene rings is 1. The Labute approximate surface area is 144 Å². The maximum Gasteiger partial charge on any atom is 0.133 e. The molecule has 1 N–H and O–H groups in total. The van der Waals surface area contributed by atoms with Crippen LogP contribution < -0.4 is 5.32 Å². The quantitative estimate of drug-likeness (QED) is 0.538. The second-order valence-electron chi connectivity index (χ2n) is 5.30. The first kappa shape index (κ1) is 16.0. The molecule has 0 spiro atoms. The summed E-state index contributed by atoms with van der Waals surface area (Å²) in [5.41, 5.74) is 2.83. The predicted octanol–water partition coefficient (Wildman–Crippen LogP) is 4.68. The fourth-order valence-corrected chi connectivity index (χ4v) is 2.87. The van der Waals surface area contributed by atoms with E-state index in [0.717, 1.165) is 47.5 Å². The Morgan fingerprint density at radius 2 is 1.96 bits per heavy atom. The number of aromatic nitrogens is 3. The van der Waals surface area contributed by atoms with Crippen molar-refractivity contribution in [2.75, 3.05) is 11.9 Å². The van der Waals surface area contributed by atoms with Gasteiger partial charge in [0, 0.05) is 41.0 Å². The van der Waals surface area contributed by atoms with Crippen LogP contribution in [0.5, 0.6) is 0 Å². The molecular weight excluding hydrogens is 331 g/mol. The number of nitrogens with one attached hydrogen (secondary N) is 1. The molecule has 0 saturated heterocycles. The van der Waals surface area contributed by atoms with Gasteiger partial charge in [0.2, 0.25) is 0 Å². The van der Waals surface area contributed by atoms with Crippen LogP contribution in [0.25, 0.3) is 10.9 Å². The molecule has 0 aliphatic heterocycles. The lowest BCUT2D eigenvalue weighted by Gasteiger charge is -2.09. The molecule has 2 heterocycles. The molecule has 118 valence electrons. The monoisotopic (exact) mass is 346 g/mol. The Balaban J connectivity index is 1.63. The smallest absolute Gasteiger partial charge is 0.133 e. The Morgan fingerprint density at radius 3 is 2.78 bits per heavy atom. The summed E-state index contributed by atoms with van der Waals surface area (Å²) >= 11 is 12.0. The van der Waals surface area contributed by atoms with Crippen molar-refractivity contribution in [3.8, 4) is 0 Å². The second-order valence-corrected chi connectivity index (χ2v) is 6.12. The first-order valence-corrected chi connectivity index (χ1v) is 8.15. The average molecular weight is 347 g/mol. The van der Waals surface area contributed by atoms with Crippen molar-refractivity contribution in [3.63, 3.8) is 0 Å². The largest absolute Gasteiger partial charge is 0.384 e. The van der Waals surface area contributed by atoms with Gasteiger partial charge < -0.3 is 5.32 Å². The van der Waals surface area contributed by atoms with Gasteiger partial charge in [-0.15, -0.1) is 0 Å². The maximum absolute atomic E-state index is 6.01. The summed E-state index contributed by atoms with van der Waals surface area (Å²) in [5, 5.41) is 5.68. The average Bonchev–Trinajstić information content (AvgIpc) is 2.50. The molecule has 6 heteroatoms. The molecule has 0 aliphatic carbocycles. The van der Waals surface area contributed by atoms with Gasteiger partial charge in [0.15, 0.2) is 0 Å². The fraction of sp³-hybridized carbons (Fsp3) is 0.235. The Kier molecular flexibility index (Phi) is 4.94. The number of hydrogen-bond acceptors (Lipinski definition) is 4. The molecular formula is C17H16Cl2N4. The van der Waals surface area contributed by atoms with Crippen LogP contribution in [0, 0.1) is 6.92 Å². The van der Waals surface area contributed by atoms with Crippen LogP contribution in [0.3, 0.4) is 0 Å². The van der Waals surface area contributed by atoms with E-state index in [1.807, 2.05) is 31.2 Å². The number of rotatable bonds is 5. The van der Waals surface area contributed by atoms with Crippen LogP contribution in [0.15, 0.2) is 36.5 Å². The van der Waals surface area contributed by atoms with Crippen molar-refractivity contribution in [2.45, 2.75) is 19.8 Å². The molecule has 0 atom stereocenters. The van der Waals surface area contributed by atoms with Gasteiger partial charge in [0.05, 0.1) is 5.52 Å². The topological polar surface area (TPSA) is 50.7 Å². The van der Waals surface area contributed by atoms with Gasteiger partial charge >= 0.3 is 0 Å². The van der Waals surface area contributed by atoms with Gasteiger partial charge in [-0.3, -0.25) is 4.98 Å². The SMILES string of the molecule is Cc1cc(Cl)nc(CCCNc2ccnc3cc(Cl)ccc23)n1. The first-order valence-electron chi connectivity index (χ1n) is 7.40. The molecule has 0 bridgehead atoms. The zero-order chi connectivity index (χ0) is 16.2.